The summed E-state index contributed by atoms with van der Waals surface area (Å²) in [6, 6.07) is 8.67. The van der Waals surface area contributed by atoms with Crippen LogP contribution in [0.15, 0.2) is 43.0 Å². The van der Waals surface area contributed by atoms with Crippen molar-refractivity contribution >= 4 is 11.3 Å². The van der Waals surface area contributed by atoms with Crippen molar-refractivity contribution in [2.75, 3.05) is 26.8 Å². The molecule has 5 nitrogen and oxygen atoms in total. The van der Waals surface area contributed by atoms with Crippen molar-refractivity contribution < 1.29 is 9.47 Å². The van der Waals surface area contributed by atoms with Crippen LogP contribution in [0.3, 0.4) is 0 Å². The highest BCUT2D eigenvalue weighted by Crippen LogP contribution is 2.39. The summed E-state index contributed by atoms with van der Waals surface area (Å²) in [7, 11) is 1.71. The Morgan fingerprint density at radius 2 is 2.19 bits per heavy atom. The molecule has 0 saturated carbocycles. The number of rotatable bonds is 5. The van der Waals surface area contributed by atoms with E-state index in [9.17, 15) is 0 Å². The molecule has 136 valence electrons. The van der Waals surface area contributed by atoms with Gasteiger partial charge in [0.2, 0.25) is 0 Å². The molecular formula is C20H23N3O2S. The molecule has 0 N–H and O–H groups in total. The van der Waals surface area contributed by atoms with Gasteiger partial charge in [0.25, 0.3) is 0 Å². The molecule has 0 radical (unpaired) electrons. The van der Waals surface area contributed by atoms with E-state index in [4.69, 9.17) is 9.47 Å². The highest BCUT2D eigenvalue weighted by atomic mass is 32.1. The van der Waals surface area contributed by atoms with Crippen molar-refractivity contribution in [1.29, 1.82) is 0 Å². The standard InChI is InChI=1S/C20H23N3O2S/c1-15-3-4-19(26-15)16-11-17-13-22(7-8-23-6-5-21-14-23)9-10-25-20(17)18(12-16)24-2/h3-6,11-12,14H,7-10,13H2,1-2H3. The molecule has 3 aromatic rings. The van der Waals surface area contributed by atoms with Gasteiger partial charge in [-0.25, -0.2) is 4.98 Å². The van der Waals surface area contributed by atoms with Gasteiger partial charge in [0.1, 0.15) is 6.61 Å². The molecule has 0 atom stereocenters. The summed E-state index contributed by atoms with van der Waals surface area (Å²) in [5.41, 5.74) is 2.38. The molecular weight excluding hydrogens is 346 g/mol. The van der Waals surface area contributed by atoms with Gasteiger partial charge in [-0.1, -0.05) is 0 Å². The number of aryl methyl sites for hydroxylation is 1. The zero-order valence-electron chi connectivity index (χ0n) is 15.1. The third-order valence-corrected chi connectivity index (χ3v) is 5.71. The van der Waals surface area contributed by atoms with E-state index in [0.717, 1.165) is 37.7 Å². The zero-order valence-corrected chi connectivity index (χ0v) is 16.0. The molecule has 26 heavy (non-hydrogen) atoms. The fourth-order valence-corrected chi connectivity index (χ4v) is 4.14. The van der Waals surface area contributed by atoms with Crippen molar-refractivity contribution in [2.24, 2.45) is 0 Å². The van der Waals surface area contributed by atoms with E-state index < -0.39 is 0 Å². The van der Waals surface area contributed by atoms with Crippen LogP contribution in [0.5, 0.6) is 11.5 Å². The molecule has 0 amide bonds. The molecule has 0 unspecified atom stereocenters. The Morgan fingerprint density at radius 3 is 2.92 bits per heavy atom. The molecule has 2 aromatic heterocycles. The third-order valence-electron chi connectivity index (χ3n) is 4.66. The van der Waals surface area contributed by atoms with E-state index in [0.29, 0.717) is 6.61 Å². The van der Waals surface area contributed by atoms with E-state index in [1.165, 1.54) is 20.9 Å². The molecule has 4 rings (SSSR count). The zero-order chi connectivity index (χ0) is 17.9. The lowest BCUT2D eigenvalue weighted by Gasteiger charge is -2.19. The maximum atomic E-state index is 6.05. The topological polar surface area (TPSA) is 39.5 Å². The number of imidazole rings is 1. The monoisotopic (exact) mass is 369 g/mol. The van der Waals surface area contributed by atoms with E-state index in [1.807, 2.05) is 18.7 Å². The third kappa shape index (κ3) is 3.61. The van der Waals surface area contributed by atoms with Gasteiger partial charge in [0.15, 0.2) is 11.5 Å². The summed E-state index contributed by atoms with van der Waals surface area (Å²) in [6.07, 6.45) is 5.69. The van der Waals surface area contributed by atoms with E-state index in [1.54, 1.807) is 18.4 Å². The SMILES string of the molecule is COc1cc(-c2ccc(C)s2)cc2c1OCCN(CCn1ccnc1)C2. The molecule has 1 aliphatic rings. The molecule has 0 bridgehead atoms. The van der Waals surface area contributed by atoms with Gasteiger partial charge in [-0.15, -0.1) is 11.3 Å². The number of methoxy groups -OCH3 is 1. The van der Waals surface area contributed by atoms with Gasteiger partial charge in [-0.2, -0.15) is 0 Å². The smallest absolute Gasteiger partial charge is 0.165 e. The Balaban J connectivity index is 1.60. The Bertz CT molecular complexity index is 873. The Hall–Kier alpha value is -2.31. The van der Waals surface area contributed by atoms with Gasteiger partial charge in [-0.05, 0) is 36.8 Å². The van der Waals surface area contributed by atoms with E-state index >= 15 is 0 Å². The average Bonchev–Trinajstić information content (AvgIpc) is 3.27. The maximum absolute atomic E-state index is 6.05. The van der Waals surface area contributed by atoms with Gasteiger partial charge in [0, 0.05) is 53.9 Å². The number of nitrogens with zero attached hydrogens (tertiary/aromatic N) is 3. The number of benzene rings is 1. The highest BCUT2D eigenvalue weighted by Gasteiger charge is 2.20. The highest BCUT2D eigenvalue weighted by molar-refractivity contribution is 7.15. The Labute approximate surface area is 157 Å². The number of hydrogen-bond acceptors (Lipinski definition) is 5. The van der Waals surface area contributed by atoms with Gasteiger partial charge >= 0.3 is 0 Å². The second-order valence-electron chi connectivity index (χ2n) is 6.50. The van der Waals surface area contributed by atoms with Gasteiger partial charge in [0.05, 0.1) is 13.4 Å². The first-order valence-electron chi connectivity index (χ1n) is 8.81. The molecule has 0 aliphatic carbocycles. The first-order valence-corrected chi connectivity index (χ1v) is 9.63. The Morgan fingerprint density at radius 1 is 1.27 bits per heavy atom. The Kier molecular flexibility index (Phi) is 4.95. The summed E-state index contributed by atoms with van der Waals surface area (Å²) >= 11 is 1.80. The predicted molar refractivity (Wildman–Crippen MR) is 104 cm³/mol. The van der Waals surface area contributed by atoms with Crippen LogP contribution in [-0.4, -0.2) is 41.3 Å². The molecule has 0 spiro atoms. The van der Waals surface area contributed by atoms with Crippen LogP contribution < -0.4 is 9.47 Å². The molecule has 0 fully saturated rings. The van der Waals surface area contributed by atoms with Crippen molar-refractivity contribution in [3.63, 3.8) is 0 Å². The molecule has 1 aromatic carbocycles. The average molecular weight is 369 g/mol. The van der Waals surface area contributed by atoms with Crippen LogP contribution in [0.2, 0.25) is 0 Å². The van der Waals surface area contributed by atoms with E-state index in [-0.39, 0.29) is 0 Å². The van der Waals surface area contributed by atoms with Crippen molar-refractivity contribution in [1.82, 2.24) is 14.5 Å². The lowest BCUT2D eigenvalue weighted by Crippen LogP contribution is -2.29. The predicted octanol–water partition coefficient (Wildman–Crippen LogP) is 3.82. The molecule has 6 heteroatoms. The number of hydrogen-bond donors (Lipinski definition) is 0. The van der Waals surface area contributed by atoms with E-state index in [2.05, 4.69) is 45.6 Å². The molecule has 3 heterocycles. The lowest BCUT2D eigenvalue weighted by atomic mass is 10.1. The number of aromatic nitrogens is 2. The number of thiophene rings is 1. The number of fused-ring (bicyclic) bond motifs is 1. The maximum Gasteiger partial charge on any atom is 0.165 e. The minimum absolute atomic E-state index is 0.671. The largest absolute Gasteiger partial charge is 0.493 e. The quantitative estimate of drug-likeness (QED) is 0.685. The van der Waals surface area contributed by atoms with Crippen molar-refractivity contribution in [2.45, 2.75) is 20.0 Å². The first-order chi connectivity index (χ1) is 12.7. The van der Waals surface area contributed by atoms with Crippen LogP contribution >= 0.6 is 11.3 Å². The van der Waals surface area contributed by atoms with Crippen molar-refractivity contribution in [3.8, 4) is 21.9 Å². The minimum atomic E-state index is 0.671. The van der Waals surface area contributed by atoms with Crippen LogP contribution in [-0.2, 0) is 13.1 Å². The van der Waals surface area contributed by atoms with Crippen LogP contribution in [0.25, 0.3) is 10.4 Å². The van der Waals surface area contributed by atoms with Crippen LogP contribution in [0.1, 0.15) is 10.4 Å². The first kappa shape index (κ1) is 17.1. The van der Waals surface area contributed by atoms with Gasteiger partial charge < -0.3 is 14.0 Å². The van der Waals surface area contributed by atoms with Crippen LogP contribution in [0.4, 0.5) is 0 Å². The summed E-state index contributed by atoms with van der Waals surface area (Å²) in [5, 5.41) is 0. The summed E-state index contributed by atoms with van der Waals surface area (Å²) in [6.45, 7) is 6.46. The number of ether oxygens (including phenoxy) is 2. The lowest BCUT2D eigenvalue weighted by molar-refractivity contribution is 0.217. The normalized spacial score (nSPS) is 14.5. The van der Waals surface area contributed by atoms with Crippen molar-refractivity contribution in [3.05, 3.63) is 53.4 Å². The second kappa shape index (κ2) is 7.51. The summed E-state index contributed by atoms with van der Waals surface area (Å²) in [4.78, 5) is 9.11. The van der Waals surface area contributed by atoms with Gasteiger partial charge in [-0.3, -0.25) is 4.90 Å². The fourth-order valence-electron chi connectivity index (χ4n) is 3.29. The second-order valence-corrected chi connectivity index (χ2v) is 7.79. The molecule has 1 aliphatic heterocycles. The van der Waals surface area contributed by atoms with Crippen LogP contribution in [0, 0.1) is 6.92 Å². The fraction of sp³-hybridized carbons (Fsp3) is 0.350. The summed E-state index contributed by atoms with van der Waals surface area (Å²) in [5.74, 6) is 1.70. The summed E-state index contributed by atoms with van der Waals surface area (Å²) < 4.78 is 13.8. The molecule has 0 saturated heterocycles. The minimum Gasteiger partial charge on any atom is -0.493 e.